The minimum absolute atomic E-state index is 0.926. The van der Waals surface area contributed by atoms with Crippen molar-refractivity contribution in [2.24, 2.45) is 5.41 Å². The van der Waals surface area contributed by atoms with Crippen molar-refractivity contribution >= 4 is 12.1 Å². The second-order valence-corrected chi connectivity index (χ2v) is 2.94. The van der Waals surface area contributed by atoms with Gasteiger partial charge >= 0.3 is 12.1 Å². The van der Waals surface area contributed by atoms with Crippen LogP contribution in [0.25, 0.3) is 0 Å². The van der Waals surface area contributed by atoms with E-state index in [-0.39, 0.29) is 0 Å². The van der Waals surface area contributed by atoms with Crippen molar-refractivity contribution in [2.75, 3.05) is 19.8 Å². The third kappa shape index (κ3) is 3.05. The molecule has 0 heterocycles. The molecule has 0 aliphatic rings. The van der Waals surface area contributed by atoms with Gasteiger partial charge in [0.2, 0.25) is 6.10 Å². The maximum absolute atomic E-state index is 10.6. The summed E-state index contributed by atoms with van der Waals surface area (Å²) in [6.07, 6.45) is -3.91. The van der Waals surface area contributed by atoms with Crippen molar-refractivity contribution < 1.29 is 39.9 Å². The Hall–Kier alpha value is -1.38. The summed E-state index contributed by atoms with van der Waals surface area (Å²) in [5.74, 6) is -1.70. The molecule has 0 fully saturated rings. The predicted molar refractivity (Wildman–Crippen MR) is 44.2 cm³/mol. The van der Waals surface area contributed by atoms with Crippen molar-refractivity contribution in [3.05, 3.63) is 0 Å². The van der Waals surface area contributed by atoms with Gasteiger partial charge in [0.15, 0.2) is 0 Å². The molecule has 0 rings (SSSR count). The maximum atomic E-state index is 10.6. The first-order chi connectivity index (χ1) is 6.93. The molecule has 0 saturated carbocycles. The maximum Gasteiger partial charge on any atom is 0.506 e. The van der Waals surface area contributed by atoms with Gasteiger partial charge in [-0.2, -0.15) is 0 Å². The van der Waals surface area contributed by atoms with Gasteiger partial charge in [0.25, 0.3) is 0 Å². The number of ether oxygens (including phenoxy) is 1. The zero-order valence-corrected chi connectivity index (χ0v) is 7.66. The van der Waals surface area contributed by atoms with Crippen LogP contribution in [0.4, 0.5) is 4.79 Å². The normalized spacial score (nSPS) is 13.3. The third-order valence-corrected chi connectivity index (χ3v) is 1.94. The number of aliphatic hydroxyl groups is 3. The van der Waals surface area contributed by atoms with Gasteiger partial charge in [0.1, 0.15) is 0 Å². The molecular weight excluding hydrogens is 212 g/mol. The summed E-state index contributed by atoms with van der Waals surface area (Å²) < 4.78 is 3.99. The van der Waals surface area contributed by atoms with Crippen molar-refractivity contribution in [3.8, 4) is 0 Å². The van der Waals surface area contributed by atoms with Crippen LogP contribution < -0.4 is 0 Å². The molecular formula is C7H12O8. The summed E-state index contributed by atoms with van der Waals surface area (Å²) in [5, 5.41) is 43.4. The molecule has 0 aromatic heterocycles. The highest BCUT2D eigenvalue weighted by Crippen LogP contribution is 2.23. The number of carboxylic acids is 1. The van der Waals surface area contributed by atoms with Gasteiger partial charge in [-0.3, -0.25) is 0 Å². The van der Waals surface area contributed by atoms with E-state index in [1.807, 2.05) is 0 Å². The van der Waals surface area contributed by atoms with E-state index in [9.17, 15) is 9.59 Å². The highest BCUT2D eigenvalue weighted by molar-refractivity contribution is 5.76. The van der Waals surface area contributed by atoms with Crippen LogP contribution in [-0.4, -0.2) is 63.6 Å². The third-order valence-electron chi connectivity index (χ3n) is 1.94. The Morgan fingerprint density at radius 1 is 1.07 bits per heavy atom. The average Bonchev–Trinajstić information content (AvgIpc) is 2.19. The predicted octanol–water partition coefficient (Wildman–Crippen LogP) is -1.90. The zero-order valence-electron chi connectivity index (χ0n) is 7.66. The van der Waals surface area contributed by atoms with Gasteiger partial charge in [0, 0.05) is 0 Å². The van der Waals surface area contributed by atoms with Crippen molar-refractivity contribution in [1.29, 1.82) is 0 Å². The van der Waals surface area contributed by atoms with E-state index in [2.05, 4.69) is 4.74 Å². The van der Waals surface area contributed by atoms with E-state index < -0.39 is 43.5 Å². The Kier molecular flexibility index (Phi) is 4.98. The van der Waals surface area contributed by atoms with E-state index in [0.717, 1.165) is 0 Å². The summed E-state index contributed by atoms with van der Waals surface area (Å²) in [4.78, 5) is 20.8. The number of aliphatic carboxylic acids is 1. The van der Waals surface area contributed by atoms with Gasteiger partial charge in [-0.05, 0) is 0 Å². The van der Waals surface area contributed by atoms with E-state index in [0.29, 0.717) is 0 Å². The zero-order chi connectivity index (χ0) is 12.1. The second kappa shape index (κ2) is 5.49. The Bertz CT molecular complexity index is 225. The van der Waals surface area contributed by atoms with Crippen LogP contribution in [0.3, 0.4) is 0 Å². The van der Waals surface area contributed by atoms with Crippen LogP contribution in [0.5, 0.6) is 0 Å². The van der Waals surface area contributed by atoms with Gasteiger partial charge in [-0.1, -0.05) is 0 Å². The molecule has 5 N–H and O–H groups in total. The number of rotatable bonds is 6. The lowest BCUT2D eigenvalue weighted by molar-refractivity contribution is -0.166. The van der Waals surface area contributed by atoms with Crippen LogP contribution in [0.1, 0.15) is 0 Å². The summed E-state index contributed by atoms with van der Waals surface area (Å²) in [5.41, 5.74) is -1.94. The second-order valence-electron chi connectivity index (χ2n) is 2.94. The highest BCUT2D eigenvalue weighted by Gasteiger charge is 2.45. The van der Waals surface area contributed by atoms with E-state index in [1.165, 1.54) is 0 Å². The monoisotopic (exact) mass is 224 g/mol. The molecule has 0 radical (unpaired) electrons. The fraction of sp³-hybridized carbons (Fsp3) is 0.714. The van der Waals surface area contributed by atoms with Gasteiger partial charge in [-0.15, -0.1) is 0 Å². The number of hydrogen-bond acceptors (Lipinski definition) is 6. The summed E-state index contributed by atoms with van der Waals surface area (Å²) in [6, 6.07) is 0. The van der Waals surface area contributed by atoms with Gasteiger partial charge in [0.05, 0.1) is 25.2 Å². The Labute approximate surface area is 84.3 Å². The SMILES string of the molecule is O=C(O)OC(C(=O)O)C(CO)(CO)CO. The quantitative estimate of drug-likeness (QED) is 0.329. The van der Waals surface area contributed by atoms with Crippen LogP contribution in [0, 0.1) is 5.41 Å². The first-order valence-corrected chi connectivity index (χ1v) is 3.88. The Morgan fingerprint density at radius 3 is 1.67 bits per heavy atom. The van der Waals surface area contributed by atoms with Crippen molar-refractivity contribution in [1.82, 2.24) is 0 Å². The fourth-order valence-electron chi connectivity index (χ4n) is 0.937. The highest BCUT2D eigenvalue weighted by atomic mass is 16.7. The van der Waals surface area contributed by atoms with Crippen molar-refractivity contribution in [2.45, 2.75) is 6.10 Å². The smallest absolute Gasteiger partial charge is 0.478 e. The Morgan fingerprint density at radius 2 is 1.47 bits per heavy atom. The van der Waals surface area contributed by atoms with Crippen LogP contribution in [-0.2, 0) is 9.53 Å². The summed E-state index contributed by atoms with van der Waals surface area (Å²) >= 11 is 0. The van der Waals surface area contributed by atoms with Gasteiger partial charge < -0.3 is 30.3 Å². The summed E-state index contributed by atoms with van der Waals surface area (Å²) in [7, 11) is 0. The lowest BCUT2D eigenvalue weighted by atomic mass is 9.84. The van der Waals surface area contributed by atoms with E-state index in [4.69, 9.17) is 25.5 Å². The van der Waals surface area contributed by atoms with Crippen LogP contribution >= 0.6 is 0 Å². The lowest BCUT2D eigenvalue weighted by Crippen LogP contribution is -2.51. The number of carbonyl (C=O) groups is 2. The number of hydrogen-bond donors (Lipinski definition) is 5. The molecule has 0 spiro atoms. The topological polar surface area (TPSA) is 145 Å². The first-order valence-electron chi connectivity index (χ1n) is 3.88. The van der Waals surface area contributed by atoms with Crippen LogP contribution in [0.2, 0.25) is 0 Å². The largest absolute Gasteiger partial charge is 0.506 e. The molecule has 0 aromatic rings. The molecule has 8 heteroatoms. The number of aliphatic hydroxyl groups excluding tert-OH is 3. The standard InChI is InChI=1S/C7H12O8/c8-1-7(2-9,3-10)4(5(11)12)15-6(13)14/h4,8-10H,1-3H2,(H,11,12)(H,13,14). The van der Waals surface area contributed by atoms with E-state index in [1.54, 1.807) is 0 Å². The Balaban J connectivity index is 4.99. The van der Waals surface area contributed by atoms with Crippen LogP contribution in [0.15, 0.2) is 0 Å². The minimum Gasteiger partial charge on any atom is -0.478 e. The molecule has 15 heavy (non-hydrogen) atoms. The minimum atomic E-state index is -2.03. The number of carboxylic acid groups (broad SMARTS) is 2. The summed E-state index contributed by atoms with van der Waals surface area (Å²) in [6.45, 7) is -2.78. The fourth-order valence-corrected chi connectivity index (χ4v) is 0.937. The molecule has 88 valence electrons. The molecule has 0 saturated heterocycles. The van der Waals surface area contributed by atoms with Crippen molar-refractivity contribution in [3.63, 3.8) is 0 Å². The first kappa shape index (κ1) is 13.6. The molecule has 0 aromatic carbocycles. The molecule has 0 aliphatic carbocycles. The molecule has 1 atom stereocenters. The average molecular weight is 224 g/mol. The molecule has 0 aliphatic heterocycles. The molecule has 0 bridgehead atoms. The molecule has 8 nitrogen and oxygen atoms in total. The molecule has 0 amide bonds. The lowest BCUT2D eigenvalue weighted by Gasteiger charge is -2.31. The van der Waals surface area contributed by atoms with Gasteiger partial charge in [-0.25, -0.2) is 9.59 Å². The molecule has 1 unspecified atom stereocenters. The van der Waals surface area contributed by atoms with E-state index >= 15 is 0 Å².